The zero-order chi connectivity index (χ0) is 16.4. The molecular weight excluding hydrogens is 369 g/mol. The highest BCUT2D eigenvalue weighted by Crippen LogP contribution is 2.20. The van der Waals surface area contributed by atoms with Crippen molar-refractivity contribution in [2.45, 2.75) is 23.8 Å². The Labute approximate surface area is 141 Å². The second-order valence-electron chi connectivity index (χ2n) is 5.16. The van der Waals surface area contributed by atoms with Gasteiger partial charge in [-0.25, -0.2) is 25.9 Å². The van der Waals surface area contributed by atoms with Gasteiger partial charge in [0.25, 0.3) is 0 Å². The molecule has 2 rings (SSSR count). The van der Waals surface area contributed by atoms with E-state index in [1.165, 1.54) is 6.07 Å². The summed E-state index contributed by atoms with van der Waals surface area (Å²) in [4.78, 5) is -0.234. The fourth-order valence-electron chi connectivity index (χ4n) is 2.17. The molecule has 1 fully saturated rings. The standard InChI is InChI=1S/C12H18FN3O4S2.ClH/c1-21(17,18)16-12-3-2-10(8-11(12)13)22(19,20)15-9-4-6-14-7-5-9;/h2-3,8-9,14-16H,4-7H2,1H3;1H. The highest BCUT2D eigenvalue weighted by Gasteiger charge is 2.22. The molecular formula is C12H19ClFN3O4S2. The fraction of sp³-hybridized carbons (Fsp3) is 0.500. The lowest BCUT2D eigenvalue weighted by molar-refractivity contribution is 0.427. The Balaban J connectivity index is 0.00000264. The molecule has 1 aliphatic rings. The molecule has 0 aliphatic carbocycles. The number of hydrogen-bond acceptors (Lipinski definition) is 5. The summed E-state index contributed by atoms with van der Waals surface area (Å²) in [6.07, 6.45) is 2.21. The van der Waals surface area contributed by atoms with Gasteiger partial charge in [0, 0.05) is 6.04 Å². The molecule has 132 valence electrons. The molecule has 11 heteroatoms. The number of hydrogen-bond donors (Lipinski definition) is 3. The molecule has 0 unspecified atom stereocenters. The average molecular weight is 388 g/mol. The van der Waals surface area contributed by atoms with E-state index < -0.39 is 25.9 Å². The van der Waals surface area contributed by atoms with Crippen LogP contribution < -0.4 is 14.8 Å². The average Bonchev–Trinajstić information content (AvgIpc) is 2.40. The molecule has 1 saturated heterocycles. The predicted octanol–water partition coefficient (Wildman–Crippen LogP) is 0.649. The monoisotopic (exact) mass is 387 g/mol. The van der Waals surface area contributed by atoms with Gasteiger partial charge in [-0.1, -0.05) is 0 Å². The first-order valence-corrected chi connectivity index (χ1v) is 10.1. The number of benzene rings is 1. The van der Waals surface area contributed by atoms with Gasteiger partial charge >= 0.3 is 0 Å². The Morgan fingerprint density at radius 3 is 2.30 bits per heavy atom. The van der Waals surface area contributed by atoms with Gasteiger partial charge in [-0.2, -0.15) is 0 Å². The van der Waals surface area contributed by atoms with Crippen LogP contribution in [0.4, 0.5) is 10.1 Å². The van der Waals surface area contributed by atoms with Gasteiger partial charge in [0.2, 0.25) is 20.0 Å². The molecule has 7 nitrogen and oxygen atoms in total. The summed E-state index contributed by atoms with van der Waals surface area (Å²) >= 11 is 0. The number of sulfonamides is 2. The maximum absolute atomic E-state index is 13.9. The van der Waals surface area contributed by atoms with Crippen LogP contribution in [0.5, 0.6) is 0 Å². The Morgan fingerprint density at radius 1 is 1.17 bits per heavy atom. The summed E-state index contributed by atoms with van der Waals surface area (Å²) in [5.41, 5.74) is -0.289. The van der Waals surface area contributed by atoms with Crippen LogP contribution in [0.25, 0.3) is 0 Å². The van der Waals surface area contributed by atoms with Crippen LogP contribution >= 0.6 is 12.4 Å². The third-order valence-corrected chi connectivity index (χ3v) is 5.32. The number of halogens is 2. The zero-order valence-corrected chi connectivity index (χ0v) is 14.8. The van der Waals surface area contributed by atoms with Crippen molar-refractivity contribution >= 4 is 38.1 Å². The van der Waals surface area contributed by atoms with Crippen molar-refractivity contribution in [2.75, 3.05) is 24.1 Å². The van der Waals surface area contributed by atoms with Gasteiger partial charge in [0.1, 0.15) is 5.82 Å². The van der Waals surface area contributed by atoms with Gasteiger partial charge in [-0.05, 0) is 44.1 Å². The molecule has 0 saturated carbocycles. The zero-order valence-electron chi connectivity index (χ0n) is 12.4. The van der Waals surface area contributed by atoms with Crippen molar-refractivity contribution in [2.24, 2.45) is 0 Å². The Hall–Kier alpha value is -0.940. The summed E-state index contributed by atoms with van der Waals surface area (Å²) in [6, 6.07) is 2.87. The molecule has 0 radical (unpaired) electrons. The van der Waals surface area contributed by atoms with E-state index in [0.29, 0.717) is 12.8 Å². The highest BCUT2D eigenvalue weighted by molar-refractivity contribution is 7.92. The van der Waals surface area contributed by atoms with Crippen LogP contribution in [0.2, 0.25) is 0 Å². The molecule has 1 aromatic rings. The van der Waals surface area contributed by atoms with Crippen LogP contribution in [-0.2, 0) is 20.0 Å². The van der Waals surface area contributed by atoms with E-state index >= 15 is 0 Å². The maximum atomic E-state index is 13.9. The van der Waals surface area contributed by atoms with Crippen molar-refractivity contribution in [1.29, 1.82) is 0 Å². The van der Waals surface area contributed by atoms with Crippen molar-refractivity contribution in [3.8, 4) is 0 Å². The molecule has 1 heterocycles. The second kappa shape index (κ2) is 7.75. The van der Waals surface area contributed by atoms with E-state index in [9.17, 15) is 21.2 Å². The molecule has 0 amide bonds. The normalized spacial score (nSPS) is 16.6. The predicted molar refractivity (Wildman–Crippen MR) is 88.3 cm³/mol. The summed E-state index contributed by atoms with van der Waals surface area (Å²) in [5, 5.41) is 3.12. The molecule has 0 atom stereocenters. The minimum atomic E-state index is -3.84. The van der Waals surface area contributed by atoms with Crippen molar-refractivity contribution in [3.63, 3.8) is 0 Å². The minimum absolute atomic E-state index is 0. The lowest BCUT2D eigenvalue weighted by atomic mass is 10.1. The van der Waals surface area contributed by atoms with Crippen molar-refractivity contribution in [3.05, 3.63) is 24.0 Å². The molecule has 1 aliphatic heterocycles. The van der Waals surface area contributed by atoms with Gasteiger partial charge < -0.3 is 5.32 Å². The number of rotatable bonds is 5. The SMILES string of the molecule is CS(=O)(=O)Nc1ccc(S(=O)(=O)NC2CCNCC2)cc1F.Cl. The third-order valence-electron chi connectivity index (χ3n) is 3.21. The summed E-state index contributed by atoms with van der Waals surface area (Å²) in [5.74, 6) is -0.946. The quantitative estimate of drug-likeness (QED) is 0.688. The van der Waals surface area contributed by atoms with Crippen molar-refractivity contribution < 1.29 is 21.2 Å². The highest BCUT2D eigenvalue weighted by atomic mass is 35.5. The number of anilines is 1. The third kappa shape index (κ3) is 5.88. The van der Waals surface area contributed by atoms with E-state index in [2.05, 4.69) is 10.0 Å². The second-order valence-corrected chi connectivity index (χ2v) is 8.62. The first-order valence-electron chi connectivity index (χ1n) is 6.68. The largest absolute Gasteiger partial charge is 0.317 e. The first-order chi connectivity index (χ1) is 10.2. The summed E-state index contributed by atoms with van der Waals surface area (Å²) in [7, 11) is -7.47. The number of nitrogens with one attached hydrogen (secondary N) is 3. The molecule has 0 aromatic heterocycles. The van der Waals surface area contributed by atoms with E-state index in [1.807, 2.05) is 4.72 Å². The molecule has 0 bridgehead atoms. The smallest absolute Gasteiger partial charge is 0.240 e. The van der Waals surface area contributed by atoms with E-state index in [0.717, 1.165) is 31.5 Å². The Kier molecular flexibility index (Phi) is 6.78. The number of piperidine rings is 1. The van der Waals surface area contributed by atoms with Crippen LogP contribution in [0.15, 0.2) is 23.1 Å². The first kappa shape index (κ1) is 20.1. The molecule has 0 spiro atoms. The van der Waals surface area contributed by atoms with Crippen molar-refractivity contribution in [1.82, 2.24) is 10.0 Å². The van der Waals surface area contributed by atoms with Gasteiger partial charge in [0.15, 0.2) is 0 Å². The molecule has 23 heavy (non-hydrogen) atoms. The summed E-state index contributed by atoms with van der Waals surface area (Å²) in [6.45, 7) is 1.44. The molecule has 1 aromatic carbocycles. The van der Waals surface area contributed by atoms with Crippen LogP contribution in [0.1, 0.15) is 12.8 Å². The van der Waals surface area contributed by atoms with E-state index in [4.69, 9.17) is 0 Å². The van der Waals surface area contributed by atoms with Crippen LogP contribution in [0, 0.1) is 5.82 Å². The summed E-state index contributed by atoms with van der Waals surface area (Å²) < 4.78 is 65.0. The lowest BCUT2D eigenvalue weighted by Gasteiger charge is -2.23. The van der Waals surface area contributed by atoms with E-state index in [1.54, 1.807) is 0 Å². The van der Waals surface area contributed by atoms with Gasteiger partial charge in [-0.3, -0.25) is 4.72 Å². The fourth-order valence-corrected chi connectivity index (χ4v) is 4.05. The minimum Gasteiger partial charge on any atom is -0.317 e. The van der Waals surface area contributed by atoms with Gasteiger partial charge in [0.05, 0.1) is 16.8 Å². The van der Waals surface area contributed by atoms with Gasteiger partial charge in [-0.15, -0.1) is 12.4 Å². The topological polar surface area (TPSA) is 104 Å². The van der Waals surface area contributed by atoms with Crippen LogP contribution in [0.3, 0.4) is 0 Å². The maximum Gasteiger partial charge on any atom is 0.240 e. The van der Waals surface area contributed by atoms with Crippen LogP contribution in [-0.4, -0.2) is 42.2 Å². The van der Waals surface area contributed by atoms with E-state index in [-0.39, 0.29) is 29.0 Å². The lowest BCUT2D eigenvalue weighted by Crippen LogP contribution is -2.42. The molecule has 3 N–H and O–H groups in total. The Bertz CT molecular complexity index is 750. The Morgan fingerprint density at radius 2 is 1.78 bits per heavy atom.